The first-order chi connectivity index (χ1) is 6.90. The Balaban J connectivity index is 1.95. The Morgan fingerprint density at radius 2 is 2.21 bits per heavy atom. The van der Waals surface area contributed by atoms with E-state index in [-0.39, 0.29) is 6.61 Å². The molecule has 1 N–H and O–H groups in total. The lowest BCUT2D eigenvalue weighted by Gasteiger charge is -2.23. The van der Waals surface area contributed by atoms with E-state index in [9.17, 15) is 0 Å². The van der Waals surface area contributed by atoms with Crippen molar-refractivity contribution in [2.75, 3.05) is 13.2 Å². The first-order valence-corrected chi connectivity index (χ1v) is 5.23. The third-order valence-corrected chi connectivity index (χ3v) is 2.88. The molecule has 1 fully saturated rings. The van der Waals surface area contributed by atoms with Crippen LogP contribution in [0.25, 0.3) is 0 Å². The third kappa shape index (κ3) is 2.16. The zero-order valence-electron chi connectivity index (χ0n) is 8.35. The molecule has 1 aliphatic rings. The van der Waals surface area contributed by atoms with E-state index < -0.39 is 0 Å². The van der Waals surface area contributed by atoms with E-state index in [0.717, 1.165) is 38.3 Å². The number of hydrogen-bond donors (Lipinski definition) is 1. The SMILES string of the molecule is OCc1cccn1CC1CCOCC1. The molecule has 0 radical (unpaired) electrons. The van der Waals surface area contributed by atoms with E-state index in [2.05, 4.69) is 4.57 Å². The molecule has 0 atom stereocenters. The highest BCUT2D eigenvalue weighted by atomic mass is 16.5. The molecule has 0 aromatic carbocycles. The van der Waals surface area contributed by atoms with Crippen molar-refractivity contribution >= 4 is 0 Å². The van der Waals surface area contributed by atoms with Crippen molar-refractivity contribution in [3.05, 3.63) is 24.0 Å². The van der Waals surface area contributed by atoms with Gasteiger partial charge in [0.05, 0.1) is 6.61 Å². The van der Waals surface area contributed by atoms with Crippen LogP contribution in [0.15, 0.2) is 18.3 Å². The molecular formula is C11H17NO2. The van der Waals surface area contributed by atoms with Gasteiger partial charge in [0.15, 0.2) is 0 Å². The Labute approximate surface area is 84.3 Å². The second-order valence-electron chi connectivity index (χ2n) is 3.87. The maximum atomic E-state index is 9.09. The molecule has 0 amide bonds. The average Bonchev–Trinajstić information content (AvgIpc) is 2.67. The fraction of sp³-hybridized carbons (Fsp3) is 0.636. The summed E-state index contributed by atoms with van der Waals surface area (Å²) in [6.07, 6.45) is 4.33. The van der Waals surface area contributed by atoms with Crippen LogP contribution in [0.5, 0.6) is 0 Å². The van der Waals surface area contributed by atoms with Crippen molar-refractivity contribution in [1.29, 1.82) is 0 Å². The molecule has 1 aliphatic heterocycles. The van der Waals surface area contributed by atoms with Crippen LogP contribution < -0.4 is 0 Å². The molecule has 0 saturated carbocycles. The predicted molar refractivity (Wildman–Crippen MR) is 53.9 cm³/mol. The lowest BCUT2D eigenvalue weighted by atomic mass is 10.0. The van der Waals surface area contributed by atoms with Gasteiger partial charge < -0.3 is 14.4 Å². The van der Waals surface area contributed by atoms with Crippen LogP contribution in [0, 0.1) is 5.92 Å². The summed E-state index contributed by atoms with van der Waals surface area (Å²) in [4.78, 5) is 0. The molecule has 2 rings (SSSR count). The summed E-state index contributed by atoms with van der Waals surface area (Å²) in [6, 6.07) is 3.96. The maximum absolute atomic E-state index is 9.09. The van der Waals surface area contributed by atoms with Crippen molar-refractivity contribution in [3.63, 3.8) is 0 Å². The molecule has 3 heteroatoms. The van der Waals surface area contributed by atoms with E-state index in [1.54, 1.807) is 0 Å². The van der Waals surface area contributed by atoms with Gasteiger partial charge in [-0.3, -0.25) is 0 Å². The normalized spacial score (nSPS) is 18.6. The number of aliphatic hydroxyl groups excluding tert-OH is 1. The summed E-state index contributed by atoms with van der Waals surface area (Å²) >= 11 is 0. The lowest BCUT2D eigenvalue weighted by Crippen LogP contribution is -2.20. The Morgan fingerprint density at radius 3 is 2.93 bits per heavy atom. The second kappa shape index (κ2) is 4.62. The van der Waals surface area contributed by atoms with Gasteiger partial charge in [-0.1, -0.05) is 0 Å². The summed E-state index contributed by atoms with van der Waals surface area (Å²) in [6.45, 7) is 2.93. The van der Waals surface area contributed by atoms with Crippen molar-refractivity contribution in [1.82, 2.24) is 4.57 Å². The number of nitrogens with zero attached hydrogens (tertiary/aromatic N) is 1. The van der Waals surface area contributed by atoms with Crippen molar-refractivity contribution in [2.24, 2.45) is 5.92 Å². The predicted octanol–water partition coefficient (Wildman–Crippen LogP) is 1.41. The summed E-state index contributed by atoms with van der Waals surface area (Å²) < 4.78 is 7.47. The van der Waals surface area contributed by atoms with Gasteiger partial charge in [-0.25, -0.2) is 0 Å². The van der Waals surface area contributed by atoms with Gasteiger partial charge >= 0.3 is 0 Å². The van der Waals surface area contributed by atoms with Gasteiger partial charge in [0.1, 0.15) is 0 Å². The summed E-state index contributed by atoms with van der Waals surface area (Å²) in [5.74, 6) is 0.710. The second-order valence-corrected chi connectivity index (χ2v) is 3.87. The van der Waals surface area contributed by atoms with E-state index in [1.165, 1.54) is 0 Å². The van der Waals surface area contributed by atoms with E-state index in [0.29, 0.717) is 5.92 Å². The summed E-state index contributed by atoms with van der Waals surface area (Å²) in [5.41, 5.74) is 1.01. The highest BCUT2D eigenvalue weighted by molar-refractivity contribution is 5.05. The van der Waals surface area contributed by atoms with Gasteiger partial charge in [0, 0.05) is 31.6 Å². The third-order valence-electron chi connectivity index (χ3n) is 2.88. The number of hydrogen-bond acceptors (Lipinski definition) is 2. The average molecular weight is 195 g/mol. The Hall–Kier alpha value is -0.800. The zero-order valence-corrected chi connectivity index (χ0v) is 8.35. The van der Waals surface area contributed by atoms with Crippen LogP contribution in [0.2, 0.25) is 0 Å². The molecule has 0 aliphatic carbocycles. The van der Waals surface area contributed by atoms with Crippen molar-refractivity contribution in [3.8, 4) is 0 Å². The monoisotopic (exact) mass is 195 g/mol. The fourth-order valence-electron chi connectivity index (χ4n) is 1.98. The van der Waals surface area contributed by atoms with Gasteiger partial charge in [-0.15, -0.1) is 0 Å². The first kappa shape index (κ1) is 9.74. The Bertz CT molecular complexity index is 277. The number of rotatable bonds is 3. The molecule has 0 spiro atoms. The van der Waals surface area contributed by atoms with Crippen molar-refractivity contribution < 1.29 is 9.84 Å². The largest absolute Gasteiger partial charge is 0.390 e. The van der Waals surface area contributed by atoms with Gasteiger partial charge in [-0.2, -0.15) is 0 Å². The lowest BCUT2D eigenvalue weighted by molar-refractivity contribution is 0.0607. The maximum Gasteiger partial charge on any atom is 0.0832 e. The molecule has 1 aromatic heterocycles. The minimum absolute atomic E-state index is 0.135. The van der Waals surface area contributed by atoms with E-state index in [1.807, 2.05) is 18.3 Å². The molecule has 2 heterocycles. The fourth-order valence-corrected chi connectivity index (χ4v) is 1.98. The highest BCUT2D eigenvalue weighted by Crippen LogP contribution is 2.18. The zero-order chi connectivity index (χ0) is 9.80. The number of aromatic nitrogens is 1. The van der Waals surface area contributed by atoms with Crippen LogP contribution in [-0.2, 0) is 17.9 Å². The molecule has 78 valence electrons. The van der Waals surface area contributed by atoms with Gasteiger partial charge in [0.2, 0.25) is 0 Å². The quantitative estimate of drug-likeness (QED) is 0.791. The molecule has 0 bridgehead atoms. The smallest absolute Gasteiger partial charge is 0.0832 e. The van der Waals surface area contributed by atoms with E-state index >= 15 is 0 Å². The molecule has 14 heavy (non-hydrogen) atoms. The molecule has 1 saturated heterocycles. The summed E-state index contributed by atoms with van der Waals surface area (Å²) in [5, 5.41) is 9.09. The summed E-state index contributed by atoms with van der Waals surface area (Å²) in [7, 11) is 0. The Morgan fingerprint density at radius 1 is 1.43 bits per heavy atom. The van der Waals surface area contributed by atoms with Crippen LogP contribution in [0.4, 0.5) is 0 Å². The van der Waals surface area contributed by atoms with Crippen LogP contribution in [0.3, 0.4) is 0 Å². The van der Waals surface area contributed by atoms with Crippen LogP contribution in [-0.4, -0.2) is 22.9 Å². The standard InChI is InChI=1S/C11H17NO2/c13-9-11-2-1-5-12(11)8-10-3-6-14-7-4-10/h1-2,5,10,13H,3-4,6-9H2. The minimum Gasteiger partial charge on any atom is -0.390 e. The molecule has 3 nitrogen and oxygen atoms in total. The van der Waals surface area contributed by atoms with Crippen molar-refractivity contribution in [2.45, 2.75) is 26.0 Å². The first-order valence-electron chi connectivity index (χ1n) is 5.23. The van der Waals surface area contributed by atoms with E-state index in [4.69, 9.17) is 9.84 Å². The topological polar surface area (TPSA) is 34.4 Å². The van der Waals surface area contributed by atoms with Crippen LogP contribution >= 0.6 is 0 Å². The Kier molecular flexibility index (Phi) is 3.22. The molecule has 1 aromatic rings. The number of ether oxygens (including phenoxy) is 1. The van der Waals surface area contributed by atoms with Gasteiger partial charge in [0.25, 0.3) is 0 Å². The minimum atomic E-state index is 0.135. The molecular weight excluding hydrogens is 178 g/mol. The number of aliphatic hydroxyl groups is 1. The highest BCUT2D eigenvalue weighted by Gasteiger charge is 2.14. The molecule has 0 unspecified atom stereocenters. The van der Waals surface area contributed by atoms with Gasteiger partial charge in [-0.05, 0) is 30.9 Å². The van der Waals surface area contributed by atoms with Crippen LogP contribution in [0.1, 0.15) is 18.5 Å².